The van der Waals surface area contributed by atoms with E-state index in [-0.39, 0.29) is 0 Å². The Morgan fingerprint density at radius 1 is 0.162 bits per heavy atom. The van der Waals surface area contributed by atoms with Gasteiger partial charge >= 0.3 is 0 Å². The van der Waals surface area contributed by atoms with Crippen molar-refractivity contribution in [2.45, 2.75) is 10.8 Å². The quantitative estimate of drug-likeness (QED) is 0.122. The average molecular weight is 1650 g/mol. The third-order valence-electron chi connectivity index (χ3n) is 28.2. The lowest BCUT2D eigenvalue weighted by Crippen LogP contribution is -2.33. The maximum atomic E-state index is 5.81. The SMILES string of the molecule is c1ccc(-c2ccc(-c3cc(-c4ccc(-c5ccccc5)cc4)nc(-c4ccc(-c5ccc6c(c5)-n5c7ccccc7c7cccc(c75)C65c6ccccc6-c6cc(-c7cccc(-c8nc(-c9ccccc9)cc(-c9cccc(-c%10ccccc%10)c9)n8)c7)ccc65)cc4-c4cccc5c4c4cccc6c4n5-c4ccccc4C64c5ccccc5-c5ccccc54)n3)cc2)cc1. The number of rotatable bonds is 12. The molecule has 2 aliphatic heterocycles. The van der Waals surface area contributed by atoms with Gasteiger partial charge in [-0.2, -0.15) is 0 Å². The van der Waals surface area contributed by atoms with Gasteiger partial charge in [0.25, 0.3) is 0 Å². The molecule has 0 bridgehead atoms. The summed E-state index contributed by atoms with van der Waals surface area (Å²) in [5, 5.41) is 4.76. The number of benzene rings is 19. The molecule has 0 radical (unpaired) electrons. The minimum atomic E-state index is -0.741. The predicted molar refractivity (Wildman–Crippen MR) is 533 cm³/mol. The van der Waals surface area contributed by atoms with Gasteiger partial charge in [0.15, 0.2) is 11.6 Å². The molecule has 0 saturated heterocycles. The van der Waals surface area contributed by atoms with Crippen LogP contribution in [0.1, 0.15) is 44.5 Å². The molecule has 0 amide bonds. The first kappa shape index (κ1) is 73.3. The van der Waals surface area contributed by atoms with Gasteiger partial charge < -0.3 is 9.13 Å². The molecule has 0 N–H and O–H groups in total. The van der Waals surface area contributed by atoms with Gasteiger partial charge in [0, 0.05) is 54.9 Å². The Labute approximate surface area is 752 Å². The van der Waals surface area contributed by atoms with Crippen molar-refractivity contribution in [2.24, 2.45) is 0 Å². The van der Waals surface area contributed by atoms with E-state index in [0.29, 0.717) is 11.6 Å². The van der Waals surface area contributed by atoms with Crippen molar-refractivity contribution in [1.29, 1.82) is 0 Å². The van der Waals surface area contributed by atoms with E-state index in [1.807, 2.05) is 0 Å². The first-order chi connectivity index (χ1) is 64.4. The third kappa shape index (κ3) is 10.9. The van der Waals surface area contributed by atoms with Gasteiger partial charge in [0.1, 0.15) is 0 Å². The van der Waals surface area contributed by atoms with Crippen LogP contribution in [0.2, 0.25) is 0 Å². The van der Waals surface area contributed by atoms with Crippen LogP contribution in [0.15, 0.2) is 461 Å². The Bertz CT molecular complexity index is 8500. The second-order valence-electron chi connectivity index (χ2n) is 34.9. The van der Waals surface area contributed by atoms with Crippen LogP contribution in [-0.2, 0) is 10.8 Å². The number of hydrogen-bond acceptors (Lipinski definition) is 4. The highest BCUT2D eigenvalue weighted by atomic mass is 15.0. The molecule has 4 aliphatic rings. The van der Waals surface area contributed by atoms with Crippen LogP contribution in [0, 0.1) is 0 Å². The second-order valence-corrected chi connectivity index (χ2v) is 34.9. The third-order valence-corrected chi connectivity index (χ3v) is 28.2. The van der Waals surface area contributed by atoms with Crippen LogP contribution < -0.4 is 0 Å². The number of aromatic nitrogens is 6. The summed E-state index contributed by atoms with van der Waals surface area (Å²) < 4.78 is 5.16. The summed E-state index contributed by atoms with van der Waals surface area (Å²) in [6, 6.07) is 170. The monoisotopic (exact) mass is 1650 g/mol. The van der Waals surface area contributed by atoms with Gasteiger partial charge in [-0.3, -0.25) is 0 Å². The van der Waals surface area contributed by atoms with Crippen molar-refractivity contribution >= 4 is 43.6 Å². The highest BCUT2D eigenvalue weighted by molar-refractivity contribution is 6.20. The van der Waals surface area contributed by atoms with Crippen molar-refractivity contribution in [1.82, 2.24) is 29.1 Å². The maximum Gasteiger partial charge on any atom is 0.161 e. The lowest BCUT2D eigenvalue weighted by Gasteiger charge is -2.40. The van der Waals surface area contributed by atoms with Crippen molar-refractivity contribution in [3.05, 3.63) is 506 Å². The zero-order valence-corrected chi connectivity index (χ0v) is 70.6. The molecule has 4 aromatic heterocycles. The van der Waals surface area contributed by atoms with E-state index >= 15 is 0 Å². The van der Waals surface area contributed by atoms with Crippen molar-refractivity contribution < 1.29 is 0 Å². The molecule has 2 aliphatic carbocycles. The van der Waals surface area contributed by atoms with E-state index in [0.717, 1.165) is 145 Å². The summed E-state index contributed by atoms with van der Waals surface area (Å²) in [7, 11) is 0. The molecule has 1 atom stereocenters. The molecule has 6 heteroatoms. The second kappa shape index (κ2) is 28.7. The maximum absolute atomic E-state index is 5.81. The van der Waals surface area contributed by atoms with Crippen LogP contribution in [0.25, 0.3) is 212 Å². The summed E-state index contributed by atoms with van der Waals surface area (Å²) in [5.41, 5.74) is 43.3. The van der Waals surface area contributed by atoms with Gasteiger partial charge in [-0.15, -0.1) is 0 Å². The largest absolute Gasteiger partial charge is 0.309 e. The number of hydrogen-bond donors (Lipinski definition) is 0. The molecule has 23 aromatic rings. The van der Waals surface area contributed by atoms with Gasteiger partial charge in [-0.1, -0.05) is 394 Å². The topological polar surface area (TPSA) is 61.4 Å². The van der Waals surface area contributed by atoms with Crippen molar-refractivity contribution in [2.75, 3.05) is 0 Å². The molecule has 6 nitrogen and oxygen atoms in total. The smallest absolute Gasteiger partial charge is 0.161 e. The fourth-order valence-corrected chi connectivity index (χ4v) is 22.6. The highest BCUT2D eigenvalue weighted by Crippen LogP contribution is 2.64. The minimum absolute atomic E-state index is 0.597. The molecular weight excluding hydrogens is 1570 g/mol. The summed E-state index contributed by atoms with van der Waals surface area (Å²) in [4.78, 5) is 22.4. The standard InChI is InChI=1S/C124H76N6/c1-5-28-77(29-6-1)80-56-60-83(61-57-80)111-75-112(84-62-58-81(59-63-84)78-30-7-2-8-31-78)128-122(127-111)98-67-64-87(72-100(98)96-44-27-55-116-118(96)99-46-26-52-109-120(99)130(116)115-54-22-20-50-106(115)123(109)102-47-17-13-40-92(102)93-41-14-18-48-103(93)123)89-66-69-107-117(74-89)129-114-53-21-16-43-95(114)97-45-25-51-108(119(97)129)124(107)104-49-19-15-42-94(104)101-73-88(65-68-105(101)124)86-37-24-39-91(71-86)121-125-110(82-34-11-4-12-35-82)76-113(126-121)90-38-23-36-85(70-90)79-32-9-3-10-33-79/h1-76H. The number of nitrogens with zero attached hydrogens (tertiary/aromatic N) is 6. The fraction of sp³-hybridized carbons (Fsp3) is 0.0161. The Kier molecular flexibility index (Phi) is 16.2. The van der Waals surface area contributed by atoms with E-state index in [2.05, 4.69) is 470 Å². The lowest BCUT2D eigenvalue weighted by molar-refractivity contribution is 0.748. The Morgan fingerprint density at radius 3 is 1.12 bits per heavy atom. The van der Waals surface area contributed by atoms with Gasteiger partial charge in [-0.05, 0) is 200 Å². The van der Waals surface area contributed by atoms with Crippen LogP contribution in [0.5, 0.6) is 0 Å². The predicted octanol–water partition coefficient (Wildman–Crippen LogP) is 30.8. The van der Waals surface area contributed by atoms with Crippen LogP contribution in [0.3, 0.4) is 0 Å². The van der Waals surface area contributed by atoms with Gasteiger partial charge in [0.2, 0.25) is 0 Å². The van der Waals surface area contributed by atoms with E-state index in [9.17, 15) is 0 Å². The molecular formula is C124H76N6. The molecule has 1 unspecified atom stereocenters. The zero-order valence-electron chi connectivity index (χ0n) is 70.6. The molecule has 27 rings (SSSR count). The van der Waals surface area contributed by atoms with Crippen molar-refractivity contribution in [3.8, 4) is 168 Å². The molecule has 130 heavy (non-hydrogen) atoms. The van der Waals surface area contributed by atoms with Crippen LogP contribution in [0.4, 0.5) is 0 Å². The first-order valence-corrected chi connectivity index (χ1v) is 44.8. The normalized spacial score (nSPS) is 13.8. The average Bonchev–Trinajstić information content (AvgIpc) is 1.49. The molecule has 2 spiro atoms. The highest BCUT2D eigenvalue weighted by Gasteiger charge is 2.53. The summed E-state index contributed by atoms with van der Waals surface area (Å²) in [6.45, 7) is 0. The first-order valence-electron chi connectivity index (χ1n) is 44.8. The van der Waals surface area contributed by atoms with Crippen LogP contribution in [-0.4, -0.2) is 29.1 Å². The molecule has 602 valence electrons. The Balaban J connectivity index is 0.661. The fourth-order valence-electron chi connectivity index (χ4n) is 22.6. The van der Waals surface area contributed by atoms with Gasteiger partial charge in [0.05, 0.1) is 67.0 Å². The summed E-state index contributed by atoms with van der Waals surface area (Å²) in [6.07, 6.45) is 0. The van der Waals surface area contributed by atoms with Gasteiger partial charge in [-0.25, -0.2) is 19.9 Å². The van der Waals surface area contributed by atoms with E-state index < -0.39 is 10.8 Å². The lowest BCUT2D eigenvalue weighted by atomic mass is 9.65. The van der Waals surface area contributed by atoms with Crippen LogP contribution >= 0.6 is 0 Å². The zero-order chi connectivity index (χ0) is 85.3. The minimum Gasteiger partial charge on any atom is -0.309 e. The Morgan fingerprint density at radius 2 is 0.500 bits per heavy atom. The molecule has 6 heterocycles. The van der Waals surface area contributed by atoms with Crippen molar-refractivity contribution in [3.63, 3.8) is 0 Å². The molecule has 19 aromatic carbocycles. The van der Waals surface area contributed by atoms with E-state index in [1.165, 1.54) is 99.6 Å². The Hall–Kier alpha value is -17.1. The van der Waals surface area contributed by atoms with E-state index in [4.69, 9.17) is 19.9 Å². The number of fused-ring (bicyclic) bond motifs is 24. The number of para-hydroxylation sites is 4. The van der Waals surface area contributed by atoms with E-state index in [1.54, 1.807) is 0 Å². The molecule has 0 fully saturated rings. The summed E-state index contributed by atoms with van der Waals surface area (Å²) >= 11 is 0. The molecule has 0 saturated carbocycles. The summed E-state index contributed by atoms with van der Waals surface area (Å²) in [5.74, 6) is 1.29.